The van der Waals surface area contributed by atoms with Crippen LogP contribution in [0.4, 0.5) is 11.4 Å². The fourth-order valence-corrected chi connectivity index (χ4v) is 4.44. The van der Waals surface area contributed by atoms with Gasteiger partial charge in [0.1, 0.15) is 5.69 Å². The molecule has 2 aromatic heterocycles. The van der Waals surface area contributed by atoms with Crippen molar-refractivity contribution >= 4 is 45.5 Å². The highest BCUT2D eigenvalue weighted by Crippen LogP contribution is 2.54. The number of hydrogen-bond acceptors (Lipinski definition) is 4. The van der Waals surface area contributed by atoms with Crippen molar-refractivity contribution in [3.05, 3.63) is 52.0 Å². The number of halogens is 1. The Labute approximate surface area is 171 Å². The summed E-state index contributed by atoms with van der Waals surface area (Å²) in [6.07, 6.45) is 10.4. The fraction of sp³-hybridized carbons (Fsp3) is 0.350. The van der Waals surface area contributed by atoms with E-state index in [4.69, 9.17) is 0 Å². The molecule has 1 aromatic carbocycles. The van der Waals surface area contributed by atoms with Crippen LogP contribution in [-0.2, 0) is 0 Å². The standard InChI is InChI=1S/C20H20IN5O/c21-14-2-3-15(17(12-14)25-10-6-20(4-5-20)7-11-25)19(27)24-16-13-23-26-9-1-8-22-18(16)26/h1-3,8-9,12-13H,4-7,10-11H2,(H,24,27). The van der Waals surface area contributed by atoms with Crippen LogP contribution in [0.5, 0.6) is 0 Å². The molecule has 0 unspecified atom stereocenters. The highest BCUT2D eigenvalue weighted by Gasteiger charge is 2.44. The van der Waals surface area contributed by atoms with Gasteiger partial charge in [-0.3, -0.25) is 4.79 Å². The van der Waals surface area contributed by atoms with Crippen LogP contribution < -0.4 is 10.2 Å². The van der Waals surface area contributed by atoms with Crippen LogP contribution in [0, 0.1) is 8.99 Å². The van der Waals surface area contributed by atoms with Crippen molar-refractivity contribution in [3.63, 3.8) is 0 Å². The predicted molar refractivity (Wildman–Crippen MR) is 113 cm³/mol. The predicted octanol–water partition coefficient (Wildman–Crippen LogP) is 3.97. The first-order valence-corrected chi connectivity index (χ1v) is 10.4. The third-order valence-corrected chi connectivity index (χ3v) is 6.52. The van der Waals surface area contributed by atoms with Crippen molar-refractivity contribution in [1.29, 1.82) is 0 Å². The Balaban J connectivity index is 1.43. The number of hydrogen-bond donors (Lipinski definition) is 1. The Bertz CT molecular complexity index is 1020. The van der Waals surface area contributed by atoms with Crippen LogP contribution in [-0.4, -0.2) is 33.6 Å². The highest BCUT2D eigenvalue weighted by atomic mass is 127. The van der Waals surface area contributed by atoms with E-state index in [0.717, 1.165) is 22.3 Å². The van der Waals surface area contributed by atoms with Gasteiger partial charge in [0.05, 0.1) is 17.4 Å². The minimum absolute atomic E-state index is 0.117. The molecule has 1 spiro atoms. The summed E-state index contributed by atoms with van der Waals surface area (Å²) in [5.41, 5.74) is 3.62. The second-order valence-electron chi connectivity index (χ2n) is 7.55. The number of fused-ring (bicyclic) bond motifs is 1. The molecule has 138 valence electrons. The summed E-state index contributed by atoms with van der Waals surface area (Å²) in [4.78, 5) is 19.7. The Morgan fingerprint density at radius 2 is 2.00 bits per heavy atom. The van der Waals surface area contributed by atoms with Gasteiger partial charge < -0.3 is 10.2 Å². The van der Waals surface area contributed by atoms with Crippen molar-refractivity contribution in [3.8, 4) is 0 Å². The molecule has 1 amide bonds. The van der Waals surface area contributed by atoms with Gasteiger partial charge in [-0.25, -0.2) is 9.50 Å². The Kier molecular flexibility index (Phi) is 4.07. The van der Waals surface area contributed by atoms with Crippen LogP contribution in [0.1, 0.15) is 36.0 Å². The monoisotopic (exact) mass is 473 g/mol. The number of nitrogens with one attached hydrogen (secondary N) is 1. The van der Waals surface area contributed by atoms with E-state index in [2.05, 4.69) is 49.0 Å². The van der Waals surface area contributed by atoms with Gasteiger partial charge in [0, 0.05) is 29.1 Å². The number of benzene rings is 1. The molecule has 5 rings (SSSR count). The molecular weight excluding hydrogens is 453 g/mol. The molecule has 0 radical (unpaired) electrons. The van der Waals surface area contributed by atoms with Gasteiger partial charge in [0.2, 0.25) is 0 Å². The lowest BCUT2D eigenvalue weighted by atomic mass is 9.93. The molecule has 0 atom stereocenters. The maximum atomic E-state index is 13.1. The average Bonchev–Trinajstić information content (AvgIpc) is 3.32. The first-order chi connectivity index (χ1) is 13.1. The van der Waals surface area contributed by atoms with E-state index < -0.39 is 0 Å². The maximum absolute atomic E-state index is 13.1. The summed E-state index contributed by atoms with van der Waals surface area (Å²) in [5, 5.41) is 7.24. The third-order valence-electron chi connectivity index (χ3n) is 5.85. The molecule has 1 aliphatic heterocycles. The molecule has 27 heavy (non-hydrogen) atoms. The molecule has 2 fully saturated rings. The van der Waals surface area contributed by atoms with E-state index in [1.165, 1.54) is 25.7 Å². The molecule has 1 saturated heterocycles. The largest absolute Gasteiger partial charge is 0.371 e. The summed E-state index contributed by atoms with van der Waals surface area (Å²) >= 11 is 2.31. The number of nitrogens with zero attached hydrogens (tertiary/aromatic N) is 4. The van der Waals surface area contributed by atoms with E-state index in [1.807, 2.05) is 24.4 Å². The van der Waals surface area contributed by atoms with E-state index in [0.29, 0.717) is 22.3 Å². The molecule has 3 heterocycles. The third kappa shape index (κ3) is 3.18. The first-order valence-electron chi connectivity index (χ1n) is 9.28. The number of rotatable bonds is 3. The normalized spacial score (nSPS) is 18.0. The van der Waals surface area contributed by atoms with Gasteiger partial charge in [-0.1, -0.05) is 0 Å². The smallest absolute Gasteiger partial charge is 0.257 e. The SMILES string of the molecule is O=C(Nc1cnn2cccnc12)c1ccc(I)cc1N1CCC2(CC1)CC2. The Morgan fingerprint density at radius 3 is 2.78 bits per heavy atom. The zero-order chi connectivity index (χ0) is 18.4. The van der Waals surface area contributed by atoms with Crippen LogP contribution in [0.2, 0.25) is 0 Å². The number of anilines is 2. The molecule has 1 aliphatic carbocycles. The Morgan fingerprint density at radius 1 is 1.19 bits per heavy atom. The summed E-state index contributed by atoms with van der Waals surface area (Å²) in [7, 11) is 0. The molecule has 1 N–H and O–H groups in total. The number of piperidine rings is 1. The molecule has 6 nitrogen and oxygen atoms in total. The van der Waals surface area contributed by atoms with Crippen molar-refractivity contribution in [2.24, 2.45) is 5.41 Å². The zero-order valence-electron chi connectivity index (χ0n) is 14.9. The fourth-order valence-electron chi connectivity index (χ4n) is 3.96. The number of amides is 1. The maximum Gasteiger partial charge on any atom is 0.257 e. The van der Waals surface area contributed by atoms with E-state index in [1.54, 1.807) is 16.9 Å². The van der Waals surface area contributed by atoms with E-state index in [9.17, 15) is 4.79 Å². The van der Waals surface area contributed by atoms with Crippen LogP contribution in [0.25, 0.3) is 5.65 Å². The lowest BCUT2D eigenvalue weighted by Crippen LogP contribution is -2.35. The Hall–Kier alpha value is -2.16. The van der Waals surface area contributed by atoms with Crippen molar-refractivity contribution < 1.29 is 4.79 Å². The van der Waals surface area contributed by atoms with Crippen LogP contribution >= 0.6 is 22.6 Å². The average molecular weight is 473 g/mol. The van der Waals surface area contributed by atoms with Gasteiger partial charge in [0.25, 0.3) is 5.91 Å². The minimum atomic E-state index is -0.117. The summed E-state index contributed by atoms with van der Waals surface area (Å²) in [5.74, 6) is -0.117. The topological polar surface area (TPSA) is 62.5 Å². The van der Waals surface area contributed by atoms with Crippen molar-refractivity contribution in [2.75, 3.05) is 23.3 Å². The molecule has 7 heteroatoms. The van der Waals surface area contributed by atoms with Crippen molar-refractivity contribution in [2.45, 2.75) is 25.7 Å². The van der Waals surface area contributed by atoms with E-state index >= 15 is 0 Å². The first kappa shape index (κ1) is 17.0. The molecule has 3 aromatic rings. The lowest BCUT2D eigenvalue weighted by molar-refractivity contribution is 0.102. The lowest BCUT2D eigenvalue weighted by Gasteiger charge is -2.35. The molecule has 0 bridgehead atoms. The van der Waals surface area contributed by atoms with E-state index in [-0.39, 0.29) is 5.91 Å². The van der Waals surface area contributed by atoms with Gasteiger partial charge >= 0.3 is 0 Å². The van der Waals surface area contributed by atoms with Gasteiger partial charge in [-0.15, -0.1) is 0 Å². The number of aromatic nitrogens is 3. The summed E-state index contributed by atoms with van der Waals surface area (Å²) in [6.45, 7) is 2.05. The minimum Gasteiger partial charge on any atom is -0.371 e. The number of carbonyl (C=O) groups excluding carboxylic acids is 1. The molecule has 2 aliphatic rings. The van der Waals surface area contributed by atoms with Gasteiger partial charge in [-0.2, -0.15) is 5.10 Å². The second kappa shape index (κ2) is 6.47. The van der Waals surface area contributed by atoms with Gasteiger partial charge in [0.15, 0.2) is 5.65 Å². The number of carbonyl (C=O) groups is 1. The van der Waals surface area contributed by atoms with Crippen molar-refractivity contribution in [1.82, 2.24) is 14.6 Å². The second-order valence-corrected chi connectivity index (χ2v) is 8.79. The van der Waals surface area contributed by atoms with Crippen LogP contribution in [0.15, 0.2) is 42.9 Å². The summed E-state index contributed by atoms with van der Waals surface area (Å²) < 4.78 is 2.80. The quantitative estimate of drug-likeness (QED) is 0.585. The van der Waals surface area contributed by atoms with Crippen LogP contribution in [0.3, 0.4) is 0 Å². The van der Waals surface area contributed by atoms with Gasteiger partial charge in [-0.05, 0) is 78.0 Å². The molecule has 1 saturated carbocycles. The summed E-state index contributed by atoms with van der Waals surface area (Å²) in [6, 6.07) is 7.84. The molecular formula is C20H20IN5O. The zero-order valence-corrected chi connectivity index (χ0v) is 17.0. The highest BCUT2D eigenvalue weighted by molar-refractivity contribution is 14.1.